The molecule has 218 valence electrons. The molecule has 2 saturated heterocycles. The van der Waals surface area contributed by atoms with E-state index in [-0.39, 0.29) is 35.5 Å². The average Bonchev–Trinajstić information content (AvgIpc) is 3.55. The highest BCUT2D eigenvalue weighted by Crippen LogP contribution is 2.65. The fourth-order valence-electron chi connectivity index (χ4n) is 7.62. The number of carbonyl (C=O) groups excluding carboxylic acids is 2. The molecular weight excluding hydrogens is 529 g/mol. The van der Waals surface area contributed by atoms with Crippen LogP contribution in [0, 0.1) is 23.6 Å². The van der Waals surface area contributed by atoms with E-state index in [1.807, 2.05) is 18.2 Å². The second-order valence-corrected chi connectivity index (χ2v) is 11.8. The van der Waals surface area contributed by atoms with Gasteiger partial charge in [-0.2, -0.15) is 0 Å². The molecule has 2 aliphatic carbocycles. The third kappa shape index (κ3) is 4.33. The van der Waals surface area contributed by atoms with E-state index in [4.69, 9.17) is 14.2 Å². The number of methoxy groups -OCH3 is 2. The lowest BCUT2D eigenvalue weighted by Gasteiger charge is -2.34. The number of hydrogen-bond donors (Lipinski definition) is 4. The number of nitrogens with zero attached hydrogens (tertiary/aromatic N) is 1. The van der Waals surface area contributed by atoms with Gasteiger partial charge in [0.1, 0.15) is 17.3 Å². The van der Waals surface area contributed by atoms with Crippen molar-refractivity contribution in [1.82, 2.24) is 15.8 Å². The summed E-state index contributed by atoms with van der Waals surface area (Å²) in [6, 6.07) is 8.90. The monoisotopic (exact) mass is 565 g/mol. The van der Waals surface area contributed by atoms with Crippen molar-refractivity contribution in [3.8, 4) is 11.5 Å². The lowest BCUT2D eigenvalue weighted by molar-refractivity contribution is -0.118. The van der Waals surface area contributed by atoms with E-state index in [1.165, 1.54) is 19.2 Å². The summed E-state index contributed by atoms with van der Waals surface area (Å²) in [5.74, 6) is 1.35. The molecule has 0 bridgehead atoms. The fourth-order valence-corrected chi connectivity index (χ4v) is 7.62. The summed E-state index contributed by atoms with van der Waals surface area (Å²) in [6.45, 7) is 1.78. The number of fused-ring (bicyclic) bond motifs is 3. The zero-order valence-corrected chi connectivity index (χ0v) is 23.3. The third-order valence-corrected chi connectivity index (χ3v) is 9.87. The molecule has 10 nitrogen and oxygen atoms in total. The summed E-state index contributed by atoms with van der Waals surface area (Å²) >= 11 is 0. The second-order valence-electron chi connectivity index (χ2n) is 11.8. The van der Waals surface area contributed by atoms with Crippen molar-refractivity contribution in [3.63, 3.8) is 0 Å². The zero-order chi connectivity index (χ0) is 28.3. The Morgan fingerprint density at radius 2 is 1.95 bits per heavy atom. The molecule has 41 heavy (non-hydrogen) atoms. The van der Waals surface area contributed by atoms with Gasteiger partial charge in [-0.1, -0.05) is 0 Å². The number of hydrazine groups is 1. The van der Waals surface area contributed by atoms with E-state index in [2.05, 4.69) is 21.5 Å². The molecule has 11 heteroatoms. The number of hydrogen-bond acceptors (Lipinski definition) is 8. The van der Waals surface area contributed by atoms with Gasteiger partial charge in [-0.05, 0) is 67.3 Å². The minimum atomic E-state index is -0.582. The van der Waals surface area contributed by atoms with Crippen LogP contribution in [0.5, 0.6) is 11.5 Å². The molecule has 2 aromatic rings. The minimum absolute atomic E-state index is 0.00121. The molecule has 0 aromatic heterocycles. The lowest BCUT2D eigenvalue weighted by Crippen LogP contribution is -2.41. The Labute approximate surface area is 238 Å². The summed E-state index contributed by atoms with van der Waals surface area (Å²) in [5.41, 5.74) is 8.83. The first kappa shape index (κ1) is 26.5. The minimum Gasteiger partial charge on any atom is -0.497 e. The first-order valence-electron chi connectivity index (χ1n) is 14.4. The summed E-state index contributed by atoms with van der Waals surface area (Å²) in [7, 11) is 3.17. The quantitative estimate of drug-likeness (QED) is 0.423. The number of anilines is 2. The largest absolute Gasteiger partial charge is 0.497 e. The van der Waals surface area contributed by atoms with E-state index in [9.17, 15) is 9.59 Å². The number of benzene rings is 2. The summed E-state index contributed by atoms with van der Waals surface area (Å²) in [5, 5.41) is 6.52. The normalized spacial score (nSPS) is 31.8. The number of nitrogens with one attached hydrogen (secondary N) is 4. The molecule has 2 amide bonds. The van der Waals surface area contributed by atoms with E-state index in [0.29, 0.717) is 49.6 Å². The molecule has 4 unspecified atom stereocenters. The van der Waals surface area contributed by atoms with E-state index < -0.39 is 11.2 Å². The van der Waals surface area contributed by atoms with Crippen LogP contribution in [-0.2, 0) is 14.9 Å². The molecule has 1 spiro atoms. The van der Waals surface area contributed by atoms with Gasteiger partial charge in [0.15, 0.2) is 0 Å². The Morgan fingerprint density at radius 3 is 2.73 bits per heavy atom. The summed E-state index contributed by atoms with van der Waals surface area (Å²) in [6.07, 6.45) is 3.66. The van der Waals surface area contributed by atoms with Crippen molar-refractivity contribution in [2.24, 2.45) is 17.8 Å². The number of morpholine rings is 1. The molecule has 4 N–H and O–H groups in total. The fraction of sp³-hybridized carbons (Fsp3) is 0.533. The highest BCUT2D eigenvalue weighted by atomic mass is 19.1. The average molecular weight is 566 g/mol. The molecule has 0 radical (unpaired) electrons. The van der Waals surface area contributed by atoms with E-state index >= 15 is 4.39 Å². The van der Waals surface area contributed by atoms with Crippen LogP contribution in [-0.4, -0.2) is 69.4 Å². The molecule has 7 rings (SSSR count). The van der Waals surface area contributed by atoms with Crippen molar-refractivity contribution >= 4 is 23.2 Å². The van der Waals surface area contributed by atoms with Crippen LogP contribution < -0.4 is 31.0 Å². The van der Waals surface area contributed by atoms with Gasteiger partial charge in [0.05, 0.1) is 50.3 Å². The van der Waals surface area contributed by atoms with Gasteiger partial charge in [0, 0.05) is 36.8 Å². The molecule has 2 saturated carbocycles. The summed E-state index contributed by atoms with van der Waals surface area (Å²) in [4.78, 5) is 27.7. The van der Waals surface area contributed by atoms with Crippen LogP contribution in [0.4, 0.5) is 15.8 Å². The standard InChI is InChI=1S/C30H36FN5O5/c1-39-17-4-6-23-20(12-17)30(29(38)33-23)15-21(30)16-3-5-18-24(11-16)34-35-27(18)32-25-14-22(31)19(13-26(25)40-2)28(37)36-7-9-41-10-8-36/h4,6,12-14,16,18,21,24,27,32,34-35H,3,5,7-11,15H2,1-2H3,(H,33,38)/t16?,18?,21-,24?,27?,30-/m0/s1. The van der Waals surface area contributed by atoms with Gasteiger partial charge in [-0.25, -0.2) is 9.82 Å². The van der Waals surface area contributed by atoms with Crippen molar-refractivity contribution in [2.75, 3.05) is 51.2 Å². The third-order valence-electron chi connectivity index (χ3n) is 9.87. The van der Waals surface area contributed by atoms with E-state index in [1.54, 1.807) is 12.0 Å². The Morgan fingerprint density at radius 1 is 1.12 bits per heavy atom. The maximum Gasteiger partial charge on any atom is 0.257 e. The first-order valence-corrected chi connectivity index (χ1v) is 14.4. The predicted octanol–water partition coefficient (Wildman–Crippen LogP) is 2.86. The molecule has 3 aliphatic heterocycles. The van der Waals surface area contributed by atoms with Gasteiger partial charge in [0.2, 0.25) is 5.91 Å². The van der Waals surface area contributed by atoms with Crippen LogP contribution in [0.1, 0.15) is 41.6 Å². The van der Waals surface area contributed by atoms with Crippen molar-refractivity contribution in [2.45, 2.75) is 43.3 Å². The number of ether oxygens (including phenoxy) is 3. The SMILES string of the molecule is COc1ccc2c(c1)[C@]1(C[C@H]1C1CCC3C(C1)NNC3Nc1cc(F)c(C(=O)N3CCOCC3)cc1OC)C(=O)N2. The number of rotatable bonds is 6. The predicted molar refractivity (Wildman–Crippen MR) is 149 cm³/mol. The van der Waals surface area contributed by atoms with Crippen molar-refractivity contribution in [3.05, 3.63) is 47.3 Å². The lowest BCUT2D eigenvalue weighted by atomic mass is 9.74. The number of halogens is 1. The Kier molecular flexibility index (Phi) is 6.55. The van der Waals surface area contributed by atoms with Crippen LogP contribution in [0.3, 0.4) is 0 Å². The molecule has 6 atom stereocenters. The smallest absolute Gasteiger partial charge is 0.257 e. The van der Waals surface area contributed by atoms with Crippen LogP contribution in [0.25, 0.3) is 0 Å². The van der Waals surface area contributed by atoms with Crippen LogP contribution >= 0.6 is 0 Å². The van der Waals surface area contributed by atoms with Gasteiger partial charge in [-0.3, -0.25) is 15.0 Å². The maximum atomic E-state index is 15.2. The molecule has 3 heterocycles. The number of amides is 2. The van der Waals surface area contributed by atoms with Gasteiger partial charge in [0.25, 0.3) is 5.91 Å². The topological polar surface area (TPSA) is 113 Å². The second kappa shape index (κ2) is 10.1. The van der Waals surface area contributed by atoms with E-state index in [0.717, 1.165) is 42.7 Å². The van der Waals surface area contributed by atoms with Gasteiger partial charge < -0.3 is 29.7 Å². The molecular formula is C30H36FN5O5. The van der Waals surface area contributed by atoms with Gasteiger partial charge >= 0.3 is 0 Å². The first-order chi connectivity index (χ1) is 19.9. The van der Waals surface area contributed by atoms with Gasteiger partial charge in [-0.15, -0.1) is 0 Å². The Hall–Kier alpha value is -3.41. The Bertz CT molecular complexity index is 1380. The summed E-state index contributed by atoms with van der Waals surface area (Å²) < 4.78 is 31.5. The highest BCUT2D eigenvalue weighted by Gasteiger charge is 2.67. The molecule has 5 aliphatic rings. The maximum absolute atomic E-state index is 15.2. The van der Waals surface area contributed by atoms with Crippen molar-refractivity contribution < 1.29 is 28.2 Å². The molecule has 4 fully saturated rings. The molecule has 2 aromatic carbocycles. The highest BCUT2D eigenvalue weighted by molar-refractivity contribution is 6.09. The van der Waals surface area contributed by atoms with Crippen LogP contribution in [0.2, 0.25) is 0 Å². The zero-order valence-electron chi connectivity index (χ0n) is 23.3. The Balaban J connectivity index is 1.03. The van der Waals surface area contributed by atoms with Crippen LogP contribution in [0.15, 0.2) is 30.3 Å². The number of carbonyl (C=O) groups is 2. The van der Waals surface area contributed by atoms with Crippen molar-refractivity contribution in [1.29, 1.82) is 0 Å².